The van der Waals surface area contributed by atoms with E-state index >= 15 is 0 Å². The largest absolute Gasteiger partial charge is 0.265 e. The van der Waals surface area contributed by atoms with Gasteiger partial charge >= 0.3 is 0 Å². The standard InChI is InChI=1S/C15H20N2O2S2/c1-5-14(13-6-8-16-9-7-13)17(4)21(18,19)15-10-11(2)20-12(15)3/h6-10,14H,5H2,1-4H3. The minimum Gasteiger partial charge on any atom is -0.265 e. The molecule has 0 radical (unpaired) electrons. The summed E-state index contributed by atoms with van der Waals surface area (Å²) in [6.45, 7) is 5.77. The van der Waals surface area contributed by atoms with Crippen molar-refractivity contribution in [3.63, 3.8) is 0 Å². The van der Waals surface area contributed by atoms with Gasteiger partial charge in [-0.05, 0) is 44.0 Å². The fourth-order valence-electron chi connectivity index (χ4n) is 2.47. The summed E-state index contributed by atoms with van der Waals surface area (Å²) in [7, 11) is -1.84. The van der Waals surface area contributed by atoms with Crippen molar-refractivity contribution in [3.05, 3.63) is 45.9 Å². The monoisotopic (exact) mass is 324 g/mol. The molecule has 6 heteroatoms. The Bertz CT molecular complexity index is 709. The molecule has 0 fully saturated rings. The predicted octanol–water partition coefficient (Wildman–Crippen LogP) is 3.53. The van der Waals surface area contributed by atoms with E-state index in [0.29, 0.717) is 11.3 Å². The molecule has 21 heavy (non-hydrogen) atoms. The summed E-state index contributed by atoms with van der Waals surface area (Å²) >= 11 is 1.51. The van der Waals surface area contributed by atoms with E-state index in [1.165, 1.54) is 15.6 Å². The van der Waals surface area contributed by atoms with Gasteiger partial charge in [0.05, 0.1) is 4.90 Å². The number of pyridine rings is 1. The molecule has 0 aliphatic carbocycles. The van der Waals surface area contributed by atoms with Crippen molar-refractivity contribution in [3.8, 4) is 0 Å². The van der Waals surface area contributed by atoms with Gasteiger partial charge in [0.25, 0.3) is 0 Å². The number of aromatic nitrogens is 1. The van der Waals surface area contributed by atoms with Crippen LogP contribution in [-0.4, -0.2) is 24.8 Å². The Morgan fingerprint density at radius 3 is 2.38 bits per heavy atom. The first-order valence-corrected chi connectivity index (χ1v) is 9.08. The Balaban J connectivity index is 2.41. The van der Waals surface area contributed by atoms with Gasteiger partial charge in [-0.2, -0.15) is 4.31 Å². The molecule has 2 heterocycles. The maximum absolute atomic E-state index is 12.9. The molecule has 2 aromatic heterocycles. The molecule has 0 aliphatic heterocycles. The molecule has 1 unspecified atom stereocenters. The predicted molar refractivity (Wildman–Crippen MR) is 86.0 cm³/mol. The van der Waals surface area contributed by atoms with Crippen LogP contribution >= 0.6 is 11.3 Å². The van der Waals surface area contributed by atoms with Crippen LogP contribution < -0.4 is 0 Å². The van der Waals surface area contributed by atoms with Crippen molar-refractivity contribution in [2.75, 3.05) is 7.05 Å². The number of nitrogens with zero attached hydrogens (tertiary/aromatic N) is 2. The second-order valence-corrected chi connectivity index (χ2v) is 8.43. The average molecular weight is 324 g/mol. The molecule has 0 amide bonds. The summed E-state index contributed by atoms with van der Waals surface area (Å²) in [5.74, 6) is 0. The number of rotatable bonds is 5. The van der Waals surface area contributed by atoms with Gasteiger partial charge in [0.2, 0.25) is 10.0 Å². The zero-order valence-electron chi connectivity index (χ0n) is 12.7. The fourth-order valence-corrected chi connectivity index (χ4v) is 5.41. The lowest BCUT2D eigenvalue weighted by Crippen LogP contribution is -2.31. The first kappa shape index (κ1) is 16.1. The van der Waals surface area contributed by atoms with Crippen LogP contribution in [0.3, 0.4) is 0 Å². The van der Waals surface area contributed by atoms with Crippen LogP contribution in [0.15, 0.2) is 35.5 Å². The third-order valence-electron chi connectivity index (χ3n) is 3.57. The topological polar surface area (TPSA) is 50.3 Å². The molecule has 4 nitrogen and oxygen atoms in total. The Morgan fingerprint density at radius 1 is 1.29 bits per heavy atom. The first-order valence-electron chi connectivity index (χ1n) is 6.83. The number of sulfonamides is 1. The molecular formula is C15H20N2O2S2. The zero-order valence-corrected chi connectivity index (χ0v) is 14.3. The summed E-state index contributed by atoms with van der Waals surface area (Å²) < 4.78 is 27.2. The van der Waals surface area contributed by atoms with Gasteiger partial charge in [0, 0.05) is 35.2 Å². The second kappa shape index (κ2) is 6.25. The van der Waals surface area contributed by atoms with E-state index in [0.717, 1.165) is 15.3 Å². The molecule has 2 aromatic rings. The summed E-state index contributed by atoms with van der Waals surface area (Å²) in [4.78, 5) is 6.26. The van der Waals surface area contributed by atoms with Crippen LogP contribution in [0.25, 0.3) is 0 Å². The molecular weight excluding hydrogens is 304 g/mol. The highest BCUT2D eigenvalue weighted by Crippen LogP contribution is 2.32. The van der Waals surface area contributed by atoms with Crippen LogP contribution in [0.4, 0.5) is 0 Å². The van der Waals surface area contributed by atoms with E-state index in [1.807, 2.05) is 32.9 Å². The summed E-state index contributed by atoms with van der Waals surface area (Å²) in [5, 5.41) is 0. The van der Waals surface area contributed by atoms with Crippen LogP contribution in [0.5, 0.6) is 0 Å². The fraction of sp³-hybridized carbons (Fsp3) is 0.400. The number of hydrogen-bond acceptors (Lipinski definition) is 4. The maximum atomic E-state index is 12.9. The number of thiophene rings is 1. The number of hydrogen-bond donors (Lipinski definition) is 0. The molecule has 2 rings (SSSR count). The van der Waals surface area contributed by atoms with Crippen LogP contribution in [0.1, 0.15) is 34.7 Å². The van der Waals surface area contributed by atoms with Gasteiger partial charge in [-0.3, -0.25) is 4.98 Å². The van der Waals surface area contributed by atoms with E-state index in [4.69, 9.17) is 0 Å². The van der Waals surface area contributed by atoms with Gasteiger partial charge in [-0.1, -0.05) is 6.92 Å². The van der Waals surface area contributed by atoms with Gasteiger partial charge < -0.3 is 0 Å². The summed E-state index contributed by atoms with van der Waals surface area (Å²) in [6, 6.07) is 5.31. The lowest BCUT2D eigenvalue weighted by Gasteiger charge is -2.26. The SMILES string of the molecule is CCC(c1ccncc1)N(C)S(=O)(=O)c1cc(C)sc1C. The highest BCUT2D eigenvalue weighted by atomic mass is 32.2. The van der Waals surface area contributed by atoms with Crippen LogP contribution in [0.2, 0.25) is 0 Å². The highest BCUT2D eigenvalue weighted by Gasteiger charge is 2.30. The van der Waals surface area contributed by atoms with Gasteiger partial charge in [0.1, 0.15) is 0 Å². The van der Waals surface area contributed by atoms with E-state index in [-0.39, 0.29) is 6.04 Å². The Kier molecular flexibility index (Phi) is 4.81. The van der Waals surface area contributed by atoms with E-state index in [9.17, 15) is 8.42 Å². The van der Waals surface area contributed by atoms with Crippen LogP contribution in [-0.2, 0) is 10.0 Å². The third kappa shape index (κ3) is 3.17. The first-order chi connectivity index (χ1) is 9.87. The third-order valence-corrected chi connectivity index (χ3v) is 6.66. The van der Waals surface area contributed by atoms with E-state index in [2.05, 4.69) is 4.98 Å². The van der Waals surface area contributed by atoms with Crippen molar-refractivity contribution >= 4 is 21.4 Å². The minimum atomic E-state index is -3.48. The van der Waals surface area contributed by atoms with Gasteiger partial charge in [0.15, 0.2) is 0 Å². The van der Waals surface area contributed by atoms with Crippen molar-refractivity contribution in [1.29, 1.82) is 0 Å². The smallest absolute Gasteiger partial charge is 0.244 e. The molecule has 0 N–H and O–H groups in total. The molecule has 0 saturated carbocycles. The van der Waals surface area contributed by atoms with E-state index < -0.39 is 10.0 Å². The second-order valence-electron chi connectivity index (χ2n) is 5.00. The summed E-state index contributed by atoms with van der Waals surface area (Å²) in [5.41, 5.74) is 0.961. The maximum Gasteiger partial charge on any atom is 0.244 e. The highest BCUT2D eigenvalue weighted by molar-refractivity contribution is 7.89. The Morgan fingerprint density at radius 2 is 1.90 bits per heavy atom. The zero-order chi connectivity index (χ0) is 15.6. The molecule has 0 aromatic carbocycles. The molecule has 1 atom stereocenters. The quantitative estimate of drug-likeness (QED) is 0.845. The molecule has 0 saturated heterocycles. The van der Waals surface area contributed by atoms with Crippen LogP contribution in [0, 0.1) is 13.8 Å². The molecule has 0 spiro atoms. The Hall–Kier alpha value is -1.24. The molecule has 0 bridgehead atoms. The van der Waals surface area contributed by atoms with E-state index in [1.54, 1.807) is 25.5 Å². The van der Waals surface area contributed by atoms with Crippen molar-refractivity contribution < 1.29 is 8.42 Å². The lowest BCUT2D eigenvalue weighted by atomic mass is 10.1. The number of aryl methyl sites for hydroxylation is 2. The summed E-state index contributed by atoms with van der Waals surface area (Å²) in [6.07, 6.45) is 4.10. The normalized spacial score (nSPS) is 13.6. The lowest BCUT2D eigenvalue weighted by molar-refractivity contribution is 0.366. The van der Waals surface area contributed by atoms with Crippen molar-refractivity contribution in [1.82, 2.24) is 9.29 Å². The van der Waals surface area contributed by atoms with Gasteiger partial charge in [-0.25, -0.2) is 8.42 Å². The Labute approximate surface area is 130 Å². The van der Waals surface area contributed by atoms with Crippen molar-refractivity contribution in [2.24, 2.45) is 0 Å². The minimum absolute atomic E-state index is 0.183. The average Bonchev–Trinajstić information content (AvgIpc) is 2.80. The molecule has 0 aliphatic rings. The van der Waals surface area contributed by atoms with Crippen molar-refractivity contribution in [2.45, 2.75) is 38.1 Å². The van der Waals surface area contributed by atoms with Gasteiger partial charge in [-0.15, -0.1) is 11.3 Å². The molecule has 114 valence electrons.